The summed E-state index contributed by atoms with van der Waals surface area (Å²) in [5.41, 5.74) is 2.39. The van der Waals surface area contributed by atoms with E-state index in [4.69, 9.17) is 5.11 Å². The van der Waals surface area contributed by atoms with Gasteiger partial charge in [0.2, 0.25) is 0 Å². The van der Waals surface area contributed by atoms with Gasteiger partial charge in [-0.15, -0.1) is 11.3 Å². The van der Waals surface area contributed by atoms with Gasteiger partial charge in [-0.3, -0.25) is 9.20 Å². The van der Waals surface area contributed by atoms with E-state index in [0.717, 1.165) is 11.4 Å². The van der Waals surface area contributed by atoms with Crippen LogP contribution in [-0.2, 0) is 23.1 Å². The predicted octanol–water partition coefficient (Wildman–Crippen LogP) is 3.27. The number of imidazole rings is 1. The van der Waals surface area contributed by atoms with Gasteiger partial charge in [0.1, 0.15) is 0 Å². The molecule has 0 unspecified atom stereocenters. The summed E-state index contributed by atoms with van der Waals surface area (Å²) in [5.74, 6) is -0.828. The molecule has 4 nitrogen and oxygen atoms in total. The zero-order chi connectivity index (χ0) is 14.7. The SMILES string of the molecule is CC1(C)Cc2c(sc3nc(CC(=O)O)cn23)C(C)(C)C1. The van der Waals surface area contributed by atoms with Crippen molar-refractivity contribution in [2.24, 2.45) is 5.41 Å². The average Bonchev–Trinajstić information content (AvgIpc) is 2.74. The summed E-state index contributed by atoms with van der Waals surface area (Å²) in [6, 6.07) is 0. The Morgan fingerprint density at radius 3 is 2.80 bits per heavy atom. The lowest BCUT2D eigenvalue weighted by atomic mass is 9.67. The number of nitrogens with zero attached hydrogens (tertiary/aromatic N) is 2. The first-order chi connectivity index (χ1) is 9.18. The maximum Gasteiger partial charge on any atom is 0.309 e. The van der Waals surface area contributed by atoms with E-state index >= 15 is 0 Å². The van der Waals surface area contributed by atoms with Crippen LogP contribution in [0.5, 0.6) is 0 Å². The van der Waals surface area contributed by atoms with E-state index in [-0.39, 0.29) is 17.3 Å². The van der Waals surface area contributed by atoms with Gasteiger partial charge in [0.05, 0.1) is 12.1 Å². The lowest BCUT2D eigenvalue weighted by Crippen LogP contribution is -2.34. The van der Waals surface area contributed by atoms with Crippen molar-refractivity contribution >= 4 is 22.3 Å². The number of aliphatic carboxylic acids is 1. The van der Waals surface area contributed by atoms with Crippen LogP contribution in [0.4, 0.5) is 0 Å². The van der Waals surface area contributed by atoms with Crippen LogP contribution in [-0.4, -0.2) is 20.5 Å². The second-order valence-corrected chi connectivity index (χ2v) is 8.21. The third-order valence-electron chi connectivity index (χ3n) is 3.98. The van der Waals surface area contributed by atoms with Gasteiger partial charge in [-0.05, 0) is 18.3 Å². The van der Waals surface area contributed by atoms with E-state index in [1.807, 2.05) is 6.20 Å². The highest BCUT2D eigenvalue weighted by Crippen LogP contribution is 2.48. The molecule has 1 aliphatic rings. The number of rotatable bonds is 2. The number of hydrogen-bond acceptors (Lipinski definition) is 3. The molecule has 108 valence electrons. The topological polar surface area (TPSA) is 54.6 Å². The van der Waals surface area contributed by atoms with Gasteiger partial charge >= 0.3 is 5.97 Å². The molecule has 0 fully saturated rings. The lowest BCUT2D eigenvalue weighted by Gasteiger charge is -2.40. The molecule has 20 heavy (non-hydrogen) atoms. The Labute approximate surface area is 122 Å². The van der Waals surface area contributed by atoms with Crippen LogP contribution in [0.15, 0.2) is 6.20 Å². The summed E-state index contributed by atoms with van der Waals surface area (Å²) in [5, 5.41) is 8.89. The molecule has 0 amide bonds. The molecule has 0 aliphatic heterocycles. The van der Waals surface area contributed by atoms with E-state index in [9.17, 15) is 4.79 Å². The van der Waals surface area contributed by atoms with Crippen molar-refractivity contribution in [3.8, 4) is 0 Å². The number of fused-ring (bicyclic) bond motifs is 3. The summed E-state index contributed by atoms with van der Waals surface area (Å²) in [4.78, 5) is 17.6. The predicted molar refractivity (Wildman–Crippen MR) is 79.5 cm³/mol. The molecule has 2 heterocycles. The van der Waals surface area contributed by atoms with E-state index in [0.29, 0.717) is 5.69 Å². The fourth-order valence-electron chi connectivity index (χ4n) is 3.66. The fourth-order valence-corrected chi connectivity index (χ4v) is 4.91. The minimum atomic E-state index is -0.828. The van der Waals surface area contributed by atoms with Gasteiger partial charge in [0, 0.05) is 22.2 Å². The summed E-state index contributed by atoms with van der Waals surface area (Å²) in [7, 11) is 0. The molecule has 0 saturated carbocycles. The van der Waals surface area contributed by atoms with Crippen LogP contribution < -0.4 is 0 Å². The standard InChI is InChI=1S/C15H20N2O2S/c1-14(2)6-10-12(15(3,4)8-14)20-13-16-9(5-11(18)19)7-17(10)13/h7H,5-6,8H2,1-4H3,(H,18,19). The Kier molecular flexibility index (Phi) is 2.77. The van der Waals surface area contributed by atoms with Gasteiger partial charge in [-0.2, -0.15) is 0 Å². The largest absolute Gasteiger partial charge is 0.481 e. The Balaban J connectivity index is 2.13. The molecule has 0 spiro atoms. The molecule has 0 aromatic carbocycles. The quantitative estimate of drug-likeness (QED) is 0.924. The zero-order valence-corrected chi connectivity index (χ0v) is 13.2. The molecule has 1 aliphatic carbocycles. The second kappa shape index (κ2) is 4.07. The summed E-state index contributed by atoms with van der Waals surface area (Å²) >= 11 is 1.71. The Morgan fingerprint density at radius 1 is 1.45 bits per heavy atom. The monoisotopic (exact) mass is 292 g/mol. The van der Waals surface area contributed by atoms with Crippen LogP contribution in [0, 0.1) is 5.41 Å². The van der Waals surface area contributed by atoms with E-state index in [2.05, 4.69) is 37.1 Å². The number of hydrogen-bond donors (Lipinski definition) is 1. The van der Waals surface area contributed by atoms with Crippen molar-refractivity contribution in [1.29, 1.82) is 0 Å². The number of aromatic nitrogens is 2. The molecular formula is C15H20N2O2S. The molecule has 0 radical (unpaired) electrons. The van der Waals surface area contributed by atoms with Crippen LogP contribution >= 0.6 is 11.3 Å². The molecule has 0 bridgehead atoms. The summed E-state index contributed by atoms with van der Waals surface area (Å²) in [6.45, 7) is 9.19. The minimum Gasteiger partial charge on any atom is -0.481 e. The first-order valence-electron chi connectivity index (χ1n) is 6.90. The number of carbonyl (C=O) groups is 1. The van der Waals surface area contributed by atoms with Gasteiger partial charge in [0.15, 0.2) is 4.96 Å². The van der Waals surface area contributed by atoms with Crippen LogP contribution in [0.1, 0.15) is 50.4 Å². The van der Waals surface area contributed by atoms with Crippen molar-refractivity contribution in [1.82, 2.24) is 9.38 Å². The highest BCUT2D eigenvalue weighted by molar-refractivity contribution is 7.17. The highest BCUT2D eigenvalue weighted by Gasteiger charge is 2.40. The van der Waals surface area contributed by atoms with Crippen LogP contribution in [0.25, 0.3) is 4.96 Å². The first kappa shape index (κ1) is 13.6. The summed E-state index contributed by atoms with van der Waals surface area (Å²) < 4.78 is 2.11. The first-order valence-corrected chi connectivity index (χ1v) is 7.72. The lowest BCUT2D eigenvalue weighted by molar-refractivity contribution is -0.136. The Morgan fingerprint density at radius 2 is 2.15 bits per heavy atom. The van der Waals surface area contributed by atoms with Crippen molar-refractivity contribution < 1.29 is 9.90 Å². The number of carboxylic acid groups (broad SMARTS) is 1. The molecule has 3 rings (SSSR count). The fraction of sp³-hybridized carbons (Fsp3) is 0.600. The number of carboxylic acids is 1. The van der Waals surface area contributed by atoms with Crippen molar-refractivity contribution in [2.45, 2.75) is 52.4 Å². The Bertz CT molecular complexity index is 694. The van der Waals surface area contributed by atoms with Crippen LogP contribution in [0.2, 0.25) is 0 Å². The van der Waals surface area contributed by atoms with Gasteiger partial charge in [-0.25, -0.2) is 4.98 Å². The van der Waals surface area contributed by atoms with Gasteiger partial charge in [0.25, 0.3) is 0 Å². The van der Waals surface area contributed by atoms with Crippen molar-refractivity contribution in [3.05, 3.63) is 22.5 Å². The third kappa shape index (κ3) is 2.14. The van der Waals surface area contributed by atoms with E-state index in [1.165, 1.54) is 17.0 Å². The summed E-state index contributed by atoms with van der Waals surface area (Å²) in [6.07, 6.45) is 4.08. The van der Waals surface area contributed by atoms with Crippen molar-refractivity contribution in [3.63, 3.8) is 0 Å². The molecular weight excluding hydrogens is 272 g/mol. The minimum absolute atomic E-state index is 0.00401. The van der Waals surface area contributed by atoms with Gasteiger partial charge in [-0.1, -0.05) is 27.7 Å². The van der Waals surface area contributed by atoms with E-state index < -0.39 is 5.97 Å². The molecule has 2 aromatic rings. The maximum atomic E-state index is 10.8. The highest BCUT2D eigenvalue weighted by atomic mass is 32.1. The smallest absolute Gasteiger partial charge is 0.309 e. The second-order valence-electron chi connectivity index (χ2n) is 7.23. The normalized spacial score (nSPS) is 20.0. The van der Waals surface area contributed by atoms with Crippen molar-refractivity contribution in [2.75, 3.05) is 0 Å². The molecule has 2 aromatic heterocycles. The molecule has 5 heteroatoms. The van der Waals surface area contributed by atoms with Crippen LogP contribution in [0.3, 0.4) is 0 Å². The molecule has 0 atom stereocenters. The van der Waals surface area contributed by atoms with Gasteiger partial charge < -0.3 is 5.11 Å². The average molecular weight is 292 g/mol. The third-order valence-corrected chi connectivity index (χ3v) is 5.45. The molecule has 0 saturated heterocycles. The Hall–Kier alpha value is -1.36. The molecule has 1 N–H and O–H groups in total. The maximum absolute atomic E-state index is 10.8. The number of thiazole rings is 1. The van der Waals surface area contributed by atoms with E-state index in [1.54, 1.807) is 11.3 Å². The zero-order valence-electron chi connectivity index (χ0n) is 12.4.